The molecule has 1 N–H and O–H groups in total. The Morgan fingerprint density at radius 1 is 1.29 bits per heavy atom. The predicted octanol–water partition coefficient (Wildman–Crippen LogP) is 4.44. The van der Waals surface area contributed by atoms with Gasteiger partial charge in [-0.25, -0.2) is 9.07 Å². The largest absolute Gasteiger partial charge is 0.473 e. The highest BCUT2D eigenvalue weighted by Crippen LogP contribution is 2.23. The molecule has 1 aromatic carbocycles. The molecular formula is C17H24Cl2FN3O. The van der Waals surface area contributed by atoms with E-state index >= 15 is 0 Å². The van der Waals surface area contributed by atoms with Crippen molar-refractivity contribution in [2.45, 2.75) is 40.5 Å². The SMILES string of the molecule is CNCc1cc(OCc2cc(Cl)ccc2F)n(CC(C)(C)C)n1.Cl. The lowest BCUT2D eigenvalue weighted by atomic mass is 9.97. The van der Waals surface area contributed by atoms with Crippen LogP contribution in [0.1, 0.15) is 32.0 Å². The standard InChI is InChI=1S/C17H23ClFN3O.ClH/c1-17(2,3)11-22-16(8-14(21-22)9-20-4)23-10-12-7-13(18)5-6-15(12)19;/h5-8,20H,9-11H2,1-4H3;1H. The Kier molecular flexibility index (Phi) is 7.52. The minimum Gasteiger partial charge on any atom is -0.473 e. The lowest BCUT2D eigenvalue weighted by Gasteiger charge is -2.19. The van der Waals surface area contributed by atoms with Crippen molar-refractivity contribution in [2.24, 2.45) is 5.41 Å². The third kappa shape index (κ3) is 5.96. The Labute approximate surface area is 153 Å². The predicted molar refractivity (Wildman–Crippen MR) is 97.4 cm³/mol. The van der Waals surface area contributed by atoms with E-state index in [0.717, 1.165) is 5.69 Å². The van der Waals surface area contributed by atoms with E-state index in [4.69, 9.17) is 16.3 Å². The highest BCUT2D eigenvalue weighted by molar-refractivity contribution is 6.30. The van der Waals surface area contributed by atoms with Crippen molar-refractivity contribution in [1.29, 1.82) is 0 Å². The zero-order valence-electron chi connectivity index (χ0n) is 14.4. The average molecular weight is 376 g/mol. The molecule has 0 bridgehead atoms. The number of halogens is 3. The van der Waals surface area contributed by atoms with Gasteiger partial charge in [0, 0.05) is 29.7 Å². The number of benzene rings is 1. The van der Waals surface area contributed by atoms with Crippen LogP contribution in [0.25, 0.3) is 0 Å². The molecule has 0 saturated heterocycles. The molecule has 24 heavy (non-hydrogen) atoms. The summed E-state index contributed by atoms with van der Waals surface area (Å²) in [5.74, 6) is 0.302. The molecule has 2 rings (SSSR count). The van der Waals surface area contributed by atoms with Gasteiger partial charge in [0.15, 0.2) is 0 Å². The summed E-state index contributed by atoms with van der Waals surface area (Å²) in [6.45, 7) is 7.87. The second kappa shape index (κ2) is 8.70. The molecule has 0 aliphatic heterocycles. The molecule has 134 valence electrons. The second-order valence-corrected chi connectivity index (χ2v) is 7.18. The molecule has 0 atom stereocenters. The third-order valence-electron chi connectivity index (χ3n) is 3.16. The lowest BCUT2D eigenvalue weighted by molar-refractivity contribution is 0.240. The number of rotatable bonds is 6. The van der Waals surface area contributed by atoms with Gasteiger partial charge in [0.25, 0.3) is 0 Å². The topological polar surface area (TPSA) is 39.1 Å². The summed E-state index contributed by atoms with van der Waals surface area (Å²) >= 11 is 5.91. The van der Waals surface area contributed by atoms with Gasteiger partial charge in [-0.05, 0) is 30.7 Å². The first kappa shape index (κ1) is 20.7. The maximum Gasteiger partial charge on any atom is 0.212 e. The van der Waals surface area contributed by atoms with Gasteiger partial charge in [-0.1, -0.05) is 32.4 Å². The van der Waals surface area contributed by atoms with E-state index in [-0.39, 0.29) is 30.2 Å². The fraction of sp³-hybridized carbons (Fsp3) is 0.471. The summed E-state index contributed by atoms with van der Waals surface area (Å²) in [4.78, 5) is 0. The molecule has 4 nitrogen and oxygen atoms in total. The van der Waals surface area contributed by atoms with Crippen LogP contribution in [0.3, 0.4) is 0 Å². The minimum absolute atomic E-state index is 0. The molecule has 0 radical (unpaired) electrons. The molecule has 0 aliphatic carbocycles. The monoisotopic (exact) mass is 375 g/mol. The number of nitrogens with zero attached hydrogens (tertiary/aromatic N) is 2. The zero-order valence-corrected chi connectivity index (χ0v) is 16.0. The second-order valence-electron chi connectivity index (χ2n) is 6.75. The maximum absolute atomic E-state index is 13.8. The average Bonchev–Trinajstić information content (AvgIpc) is 2.80. The van der Waals surface area contributed by atoms with E-state index in [1.807, 2.05) is 17.8 Å². The Hall–Kier alpha value is -1.30. The first-order valence-corrected chi connectivity index (χ1v) is 7.94. The van der Waals surface area contributed by atoms with Crippen LogP contribution in [0, 0.1) is 11.2 Å². The van der Waals surface area contributed by atoms with Crippen molar-refractivity contribution in [2.75, 3.05) is 7.05 Å². The quantitative estimate of drug-likeness (QED) is 0.810. The van der Waals surface area contributed by atoms with Crippen molar-refractivity contribution >= 4 is 24.0 Å². The van der Waals surface area contributed by atoms with Crippen molar-refractivity contribution in [3.63, 3.8) is 0 Å². The smallest absolute Gasteiger partial charge is 0.212 e. The van der Waals surface area contributed by atoms with Gasteiger partial charge in [0.1, 0.15) is 12.4 Å². The molecule has 1 heterocycles. The van der Waals surface area contributed by atoms with E-state index < -0.39 is 0 Å². The molecule has 0 fully saturated rings. The van der Waals surface area contributed by atoms with Crippen molar-refractivity contribution in [3.05, 3.63) is 46.4 Å². The van der Waals surface area contributed by atoms with Crippen LogP contribution in [0.5, 0.6) is 5.88 Å². The Morgan fingerprint density at radius 3 is 2.62 bits per heavy atom. The minimum atomic E-state index is -0.327. The van der Waals surface area contributed by atoms with Crippen molar-refractivity contribution in [3.8, 4) is 5.88 Å². The molecule has 0 unspecified atom stereocenters. The van der Waals surface area contributed by atoms with Gasteiger partial charge in [0.05, 0.1) is 5.69 Å². The van der Waals surface area contributed by atoms with Gasteiger partial charge in [0.2, 0.25) is 5.88 Å². The van der Waals surface area contributed by atoms with Crippen LogP contribution in [0.15, 0.2) is 24.3 Å². The first-order valence-electron chi connectivity index (χ1n) is 7.56. The van der Waals surface area contributed by atoms with E-state index in [1.54, 1.807) is 6.07 Å². The van der Waals surface area contributed by atoms with Gasteiger partial charge in [-0.3, -0.25) is 0 Å². The maximum atomic E-state index is 13.8. The van der Waals surface area contributed by atoms with Crippen molar-refractivity contribution < 1.29 is 9.13 Å². The van der Waals surface area contributed by atoms with E-state index in [9.17, 15) is 4.39 Å². The lowest BCUT2D eigenvalue weighted by Crippen LogP contribution is -2.18. The molecule has 0 spiro atoms. The van der Waals surface area contributed by atoms with E-state index in [1.165, 1.54) is 12.1 Å². The molecule has 7 heteroatoms. The summed E-state index contributed by atoms with van der Waals surface area (Å²) in [6, 6.07) is 6.33. The Balaban J connectivity index is 0.00000288. The highest BCUT2D eigenvalue weighted by atomic mass is 35.5. The highest BCUT2D eigenvalue weighted by Gasteiger charge is 2.17. The molecule has 0 amide bonds. The third-order valence-corrected chi connectivity index (χ3v) is 3.39. The Bertz CT molecular complexity index is 668. The van der Waals surface area contributed by atoms with Crippen LogP contribution in [0.4, 0.5) is 4.39 Å². The number of nitrogens with one attached hydrogen (secondary N) is 1. The normalized spacial score (nSPS) is 11.2. The van der Waals surface area contributed by atoms with E-state index in [2.05, 4.69) is 31.2 Å². The summed E-state index contributed by atoms with van der Waals surface area (Å²) in [7, 11) is 1.87. The molecule has 0 aliphatic rings. The number of aromatic nitrogens is 2. The summed E-state index contributed by atoms with van der Waals surface area (Å²) in [5, 5.41) is 8.11. The van der Waals surface area contributed by atoms with Crippen molar-refractivity contribution in [1.82, 2.24) is 15.1 Å². The number of hydrogen-bond donors (Lipinski definition) is 1. The Morgan fingerprint density at radius 2 is 2.00 bits per heavy atom. The van der Waals surface area contributed by atoms with Crippen LogP contribution < -0.4 is 10.1 Å². The van der Waals surface area contributed by atoms with Gasteiger partial charge in [-0.15, -0.1) is 12.4 Å². The molecular weight excluding hydrogens is 352 g/mol. The molecule has 1 aromatic heterocycles. The van der Waals surface area contributed by atoms with Gasteiger partial charge < -0.3 is 10.1 Å². The number of ether oxygens (including phenoxy) is 1. The fourth-order valence-corrected chi connectivity index (χ4v) is 2.40. The summed E-state index contributed by atoms with van der Waals surface area (Å²) in [6.07, 6.45) is 0. The summed E-state index contributed by atoms with van der Waals surface area (Å²) in [5.41, 5.74) is 1.37. The summed E-state index contributed by atoms with van der Waals surface area (Å²) < 4.78 is 21.4. The van der Waals surface area contributed by atoms with Crippen LogP contribution in [0.2, 0.25) is 5.02 Å². The van der Waals surface area contributed by atoms with Crippen LogP contribution >= 0.6 is 24.0 Å². The first-order chi connectivity index (χ1) is 10.8. The van der Waals surface area contributed by atoms with Gasteiger partial charge >= 0.3 is 0 Å². The molecule has 2 aromatic rings. The van der Waals surface area contributed by atoms with Crippen LogP contribution in [-0.2, 0) is 19.7 Å². The fourth-order valence-electron chi connectivity index (χ4n) is 2.20. The number of hydrogen-bond acceptors (Lipinski definition) is 3. The molecule has 0 saturated carbocycles. The van der Waals surface area contributed by atoms with Crippen LogP contribution in [-0.4, -0.2) is 16.8 Å². The van der Waals surface area contributed by atoms with Gasteiger partial charge in [-0.2, -0.15) is 5.10 Å². The zero-order chi connectivity index (χ0) is 17.0. The van der Waals surface area contributed by atoms with E-state index in [0.29, 0.717) is 29.6 Å².